The van der Waals surface area contributed by atoms with E-state index in [1.165, 1.54) is 11.8 Å². The Morgan fingerprint density at radius 3 is 2.53 bits per heavy atom. The van der Waals surface area contributed by atoms with Crippen LogP contribution in [0.3, 0.4) is 0 Å². The maximum absolute atomic E-state index is 10.9. The van der Waals surface area contributed by atoms with Crippen LogP contribution in [-0.2, 0) is 9.84 Å². The van der Waals surface area contributed by atoms with Crippen LogP contribution in [0.25, 0.3) is 0 Å². The molecule has 0 aromatic heterocycles. The molecule has 0 amide bonds. The van der Waals surface area contributed by atoms with Crippen molar-refractivity contribution in [3.8, 4) is 0 Å². The van der Waals surface area contributed by atoms with Crippen molar-refractivity contribution < 1.29 is 8.42 Å². The van der Waals surface area contributed by atoms with Gasteiger partial charge in [0.2, 0.25) is 0 Å². The summed E-state index contributed by atoms with van der Waals surface area (Å²) in [4.78, 5) is 0. The van der Waals surface area contributed by atoms with E-state index < -0.39 is 9.84 Å². The fourth-order valence-electron chi connectivity index (χ4n) is 1.30. The predicted molar refractivity (Wildman–Crippen MR) is 64.1 cm³/mol. The lowest BCUT2D eigenvalue weighted by molar-refractivity contribution is 0.602. The van der Waals surface area contributed by atoms with E-state index in [-0.39, 0.29) is 5.75 Å². The third-order valence-corrected chi connectivity index (χ3v) is 3.13. The van der Waals surface area contributed by atoms with Crippen LogP contribution in [0.1, 0.15) is 11.1 Å². The SMILES string of the molecule is Cc1ccc(C)c(NCCS(C)(=O)=O)c1. The number of hydrogen-bond donors (Lipinski definition) is 1. The maximum atomic E-state index is 10.9. The molecule has 0 heterocycles. The number of benzene rings is 1. The van der Waals surface area contributed by atoms with E-state index in [1.54, 1.807) is 0 Å². The molecule has 0 spiro atoms. The fourth-order valence-corrected chi connectivity index (χ4v) is 1.77. The average molecular weight is 227 g/mol. The highest BCUT2D eigenvalue weighted by atomic mass is 32.2. The van der Waals surface area contributed by atoms with E-state index in [1.807, 2.05) is 32.0 Å². The molecule has 4 heteroatoms. The normalized spacial score (nSPS) is 11.4. The summed E-state index contributed by atoms with van der Waals surface area (Å²) in [5.74, 6) is 0.167. The summed E-state index contributed by atoms with van der Waals surface area (Å²) in [5.41, 5.74) is 3.32. The monoisotopic (exact) mass is 227 g/mol. The predicted octanol–water partition coefficient (Wildman–Crippen LogP) is 1.76. The zero-order valence-electron chi connectivity index (χ0n) is 9.37. The van der Waals surface area contributed by atoms with Gasteiger partial charge in [-0.3, -0.25) is 0 Å². The molecular weight excluding hydrogens is 210 g/mol. The first kappa shape index (κ1) is 12.0. The van der Waals surface area contributed by atoms with Crippen LogP contribution in [0.4, 0.5) is 5.69 Å². The number of nitrogens with one attached hydrogen (secondary N) is 1. The van der Waals surface area contributed by atoms with Gasteiger partial charge in [-0.2, -0.15) is 0 Å². The van der Waals surface area contributed by atoms with Crippen molar-refractivity contribution in [2.45, 2.75) is 13.8 Å². The van der Waals surface area contributed by atoms with E-state index >= 15 is 0 Å². The van der Waals surface area contributed by atoms with Crippen LogP contribution in [0, 0.1) is 13.8 Å². The Morgan fingerprint density at radius 1 is 1.27 bits per heavy atom. The quantitative estimate of drug-likeness (QED) is 0.852. The zero-order chi connectivity index (χ0) is 11.5. The van der Waals surface area contributed by atoms with Crippen molar-refractivity contribution in [2.75, 3.05) is 23.9 Å². The van der Waals surface area contributed by atoms with Gasteiger partial charge < -0.3 is 5.32 Å². The molecule has 0 unspecified atom stereocenters. The van der Waals surface area contributed by atoms with Crippen molar-refractivity contribution >= 4 is 15.5 Å². The molecule has 84 valence electrons. The van der Waals surface area contributed by atoms with Crippen LogP contribution >= 0.6 is 0 Å². The molecule has 0 aliphatic rings. The number of aryl methyl sites for hydroxylation is 2. The summed E-state index contributed by atoms with van der Waals surface area (Å²) in [5, 5.41) is 3.13. The van der Waals surface area contributed by atoms with Crippen molar-refractivity contribution in [3.05, 3.63) is 29.3 Å². The van der Waals surface area contributed by atoms with E-state index in [0.29, 0.717) is 6.54 Å². The molecule has 1 N–H and O–H groups in total. The summed E-state index contributed by atoms with van der Waals surface area (Å²) >= 11 is 0. The molecule has 15 heavy (non-hydrogen) atoms. The summed E-state index contributed by atoms with van der Waals surface area (Å²) in [6.45, 7) is 4.48. The van der Waals surface area contributed by atoms with Gasteiger partial charge in [0.05, 0.1) is 5.75 Å². The minimum absolute atomic E-state index is 0.167. The highest BCUT2D eigenvalue weighted by molar-refractivity contribution is 7.90. The molecule has 1 aromatic carbocycles. The molecule has 0 saturated heterocycles. The van der Waals surface area contributed by atoms with E-state index in [9.17, 15) is 8.42 Å². The maximum Gasteiger partial charge on any atom is 0.149 e. The first-order valence-electron chi connectivity index (χ1n) is 4.87. The molecule has 1 rings (SSSR count). The zero-order valence-corrected chi connectivity index (χ0v) is 10.2. The molecule has 0 aliphatic heterocycles. The third-order valence-electron chi connectivity index (χ3n) is 2.18. The van der Waals surface area contributed by atoms with Crippen LogP contribution in [0.2, 0.25) is 0 Å². The summed E-state index contributed by atoms with van der Waals surface area (Å²) in [7, 11) is -2.88. The van der Waals surface area contributed by atoms with Gasteiger partial charge in [-0.15, -0.1) is 0 Å². The summed E-state index contributed by atoms with van der Waals surface area (Å²) < 4.78 is 21.9. The second-order valence-corrected chi connectivity index (χ2v) is 6.13. The molecule has 0 saturated carbocycles. The van der Waals surface area contributed by atoms with Crippen LogP contribution < -0.4 is 5.32 Å². The average Bonchev–Trinajstić information content (AvgIpc) is 2.09. The standard InChI is InChI=1S/C11H17NO2S/c1-9-4-5-10(2)11(8-9)12-6-7-15(3,13)14/h4-5,8,12H,6-7H2,1-3H3. The molecule has 0 bridgehead atoms. The van der Waals surface area contributed by atoms with E-state index in [0.717, 1.165) is 11.3 Å². The Bertz CT molecular complexity index is 438. The lowest BCUT2D eigenvalue weighted by Gasteiger charge is -2.09. The Morgan fingerprint density at radius 2 is 1.93 bits per heavy atom. The van der Waals surface area contributed by atoms with Gasteiger partial charge in [-0.05, 0) is 31.0 Å². The van der Waals surface area contributed by atoms with Gasteiger partial charge >= 0.3 is 0 Å². The van der Waals surface area contributed by atoms with Crippen molar-refractivity contribution in [3.63, 3.8) is 0 Å². The topological polar surface area (TPSA) is 46.2 Å². The largest absolute Gasteiger partial charge is 0.384 e. The molecule has 0 atom stereocenters. The first-order chi connectivity index (χ1) is 6.88. The van der Waals surface area contributed by atoms with Crippen molar-refractivity contribution in [1.29, 1.82) is 0 Å². The Hall–Kier alpha value is -1.03. The molecule has 0 aliphatic carbocycles. The minimum atomic E-state index is -2.88. The minimum Gasteiger partial charge on any atom is -0.384 e. The van der Waals surface area contributed by atoms with E-state index in [2.05, 4.69) is 5.32 Å². The highest BCUT2D eigenvalue weighted by Gasteiger charge is 2.02. The summed E-state index contributed by atoms with van der Waals surface area (Å²) in [6.07, 6.45) is 1.25. The Kier molecular flexibility index (Phi) is 3.74. The number of hydrogen-bond acceptors (Lipinski definition) is 3. The van der Waals surface area contributed by atoms with Crippen LogP contribution in [0.15, 0.2) is 18.2 Å². The summed E-state index contributed by atoms with van der Waals surface area (Å²) in [6, 6.07) is 6.09. The Labute approximate surface area is 91.4 Å². The first-order valence-corrected chi connectivity index (χ1v) is 6.93. The molecule has 0 radical (unpaired) electrons. The van der Waals surface area contributed by atoms with Gasteiger partial charge in [0.15, 0.2) is 0 Å². The molecule has 3 nitrogen and oxygen atoms in total. The van der Waals surface area contributed by atoms with Gasteiger partial charge in [-0.25, -0.2) is 8.42 Å². The van der Waals surface area contributed by atoms with Gasteiger partial charge in [-0.1, -0.05) is 12.1 Å². The van der Waals surface area contributed by atoms with Crippen molar-refractivity contribution in [2.24, 2.45) is 0 Å². The van der Waals surface area contributed by atoms with Gasteiger partial charge in [0.1, 0.15) is 9.84 Å². The van der Waals surface area contributed by atoms with Crippen molar-refractivity contribution in [1.82, 2.24) is 0 Å². The van der Waals surface area contributed by atoms with Gasteiger partial charge in [0, 0.05) is 18.5 Å². The van der Waals surface area contributed by atoms with E-state index in [4.69, 9.17) is 0 Å². The lowest BCUT2D eigenvalue weighted by atomic mass is 10.1. The number of sulfone groups is 1. The third kappa shape index (κ3) is 4.34. The number of rotatable bonds is 4. The lowest BCUT2D eigenvalue weighted by Crippen LogP contribution is -2.14. The molecule has 1 aromatic rings. The fraction of sp³-hybridized carbons (Fsp3) is 0.455. The Balaban J connectivity index is 2.61. The second-order valence-electron chi connectivity index (χ2n) is 3.88. The van der Waals surface area contributed by atoms with Crippen LogP contribution in [-0.4, -0.2) is 27.0 Å². The molecular formula is C11H17NO2S. The number of anilines is 1. The smallest absolute Gasteiger partial charge is 0.149 e. The second kappa shape index (κ2) is 4.66. The van der Waals surface area contributed by atoms with Crippen LogP contribution in [0.5, 0.6) is 0 Å². The van der Waals surface area contributed by atoms with Gasteiger partial charge in [0.25, 0.3) is 0 Å². The molecule has 0 fully saturated rings. The highest BCUT2D eigenvalue weighted by Crippen LogP contribution is 2.15.